The number of carbonyl (C=O) groups excluding carboxylic acids is 1. The molecule has 1 heterocycles. The Balaban J connectivity index is 1.76. The molecule has 1 atom stereocenters. The number of benzene rings is 1. The Morgan fingerprint density at radius 3 is 2.77 bits per heavy atom. The Kier molecular flexibility index (Phi) is 5.74. The van der Waals surface area contributed by atoms with E-state index in [1.807, 2.05) is 12.1 Å². The summed E-state index contributed by atoms with van der Waals surface area (Å²) in [5.41, 5.74) is 1.54. The Morgan fingerprint density at radius 2 is 2.18 bits per heavy atom. The monoisotopic (exact) mass is 297 g/mol. The van der Waals surface area contributed by atoms with E-state index in [0.29, 0.717) is 17.5 Å². The van der Waals surface area contributed by atoms with Gasteiger partial charge in [-0.25, -0.2) is 0 Å². The van der Waals surface area contributed by atoms with Crippen LogP contribution in [0.1, 0.15) is 31.4 Å². The molecule has 1 aliphatic rings. The van der Waals surface area contributed by atoms with Crippen LogP contribution >= 0.6 is 0 Å². The quantitative estimate of drug-likeness (QED) is 0.849. The molecule has 116 valence electrons. The lowest BCUT2D eigenvalue weighted by Gasteiger charge is -2.20. The molecule has 0 saturated carbocycles. The molecule has 0 unspecified atom stereocenters. The summed E-state index contributed by atoms with van der Waals surface area (Å²) in [6, 6.07) is 9.81. The van der Waals surface area contributed by atoms with Gasteiger partial charge in [-0.15, -0.1) is 0 Å². The van der Waals surface area contributed by atoms with Gasteiger partial charge >= 0.3 is 0 Å². The lowest BCUT2D eigenvalue weighted by molar-refractivity contribution is -0.116. The van der Waals surface area contributed by atoms with E-state index < -0.39 is 0 Å². The van der Waals surface area contributed by atoms with Crippen molar-refractivity contribution in [3.05, 3.63) is 41.5 Å². The first-order valence-electron chi connectivity index (χ1n) is 7.78. The van der Waals surface area contributed by atoms with Gasteiger partial charge < -0.3 is 10.2 Å². The van der Waals surface area contributed by atoms with Crippen LogP contribution in [0.2, 0.25) is 0 Å². The average Bonchev–Trinajstić information content (AvgIpc) is 3.00. The van der Waals surface area contributed by atoms with Gasteiger partial charge in [-0.3, -0.25) is 4.79 Å². The van der Waals surface area contributed by atoms with E-state index in [2.05, 4.69) is 30.1 Å². The van der Waals surface area contributed by atoms with Crippen LogP contribution in [0.5, 0.6) is 0 Å². The summed E-state index contributed by atoms with van der Waals surface area (Å²) in [7, 11) is 0. The van der Waals surface area contributed by atoms with Crippen LogP contribution in [-0.2, 0) is 4.79 Å². The van der Waals surface area contributed by atoms with Crippen molar-refractivity contribution in [3.63, 3.8) is 0 Å². The molecule has 1 aromatic carbocycles. The Hall–Kier alpha value is -2.12. The van der Waals surface area contributed by atoms with Gasteiger partial charge in [0.2, 0.25) is 5.91 Å². The maximum absolute atomic E-state index is 11.8. The van der Waals surface area contributed by atoms with Crippen molar-refractivity contribution < 1.29 is 4.79 Å². The van der Waals surface area contributed by atoms with E-state index >= 15 is 0 Å². The number of nitriles is 1. The van der Waals surface area contributed by atoms with E-state index in [9.17, 15) is 4.79 Å². The fourth-order valence-electron chi connectivity index (χ4n) is 2.64. The normalized spacial score (nSPS) is 18.7. The Morgan fingerprint density at radius 1 is 1.45 bits per heavy atom. The summed E-state index contributed by atoms with van der Waals surface area (Å²) < 4.78 is 0. The van der Waals surface area contributed by atoms with Crippen LogP contribution < -0.4 is 5.32 Å². The van der Waals surface area contributed by atoms with E-state index in [-0.39, 0.29) is 5.91 Å². The molecule has 1 aliphatic heterocycles. The summed E-state index contributed by atoms with van der Waals surface area (Å²) in [6.45, 7) is 7.35. The zero-order valence-corrected chi connectivity index (χ0v) is 13.2. The number of hydrogen-bond acceptors (Lipinski definition) is 3. The molecule has 1 saturated heterocycles. The minimum atomic E-state index is -0.0626. The largest absolute Gasteiger partial charge is 0.352 e. The Bertz CT molecular complexity index is 569. The first kappa shape index (κ1) is 16.3. The van der Waals surface area contributed by atoms with Crippen molar-refractivity contribution in [3.8, 4) is 6.07 Å². The molecule has 4 nitrogen and oxygen atoms in total. The van der Waals surface area contributed by atoms with Gasteiger partial charge in [0.25, 0.3) is 0 Å². The average molecular weight is 297 g/mol. The van der Waals surface area contributed by atoms with Gasteiger partial charge in [-0.05, 0) is 56.5 Å². The standard InChI is InChI=1S/C18H23N3O/c1-14(2)21-10-9-17(13-21)12-20-18(22)8-7-15-3-5-16(11-19)6-4-15/h3-8,14,17H,9-10,12-13H2,1-2H3,(H,20,22)/b8-7+/t17-/m1/s1. The fourth-order valence-corrected chi connectivity index (χ4v) is 2.64. The molecule has 1 fully saturated rings. The van der Waals surface area contributed by atoms with Crippen LogP contribution in [0.4, 0.5) is 0 Å². The molecule has 0 aromatic heterocycles. The maximum Gasteiger partial charge on any atom is 0.244 e. The minimum Gasteiger partial charge on any atom is -0.352 e. The molecule has 2 rings (SSSR count). The van der Waals surface area contributed by atoms with Crippen molar-refractivity contribution in [2.24, 2.45) is 5.92 Å². The minimum absolute atomic E-state index is 0.0626. The second-order valence-corrected chi connectivity index (χ2v) is 6.06. The third kappa shape index (κ3) is 4.71. The van der Waals surface area contributed by atoms with Crippen molar-refractivity contribution >= 4 is 12.0 Å². The highest BCUT2D eigenvalue weighted by Gasteiger charge is 2.23. The molecule has 0 aliphatic carbocycles. The summed E-state index contributed by atoms with van der Waals surface area (Å²) in [5, 5.41) is 11.7. The van der Waals surface area contributed by atoms with Gasteiger partial charge in [0, 0.05) is 25.2 Å². The van der Waals surface area contributed by atoms with E-state index in [1.165, 1.54) is 0 Å². The molecule has 4 heteroatoms. The van der Waals surface area contributed by atoms with Crippen molar-refractivity contribution in [1.29, 1.82) is 5.26 Å². The zero-order valence-electron chi connectivity index (χ0n) is 13.2. The van der Waals surface area contributed by atoms with E-state index in [4.69, 9.17) is 5.26 Å². The van der Waals surface area contributed by atoms with Gasteiger partial charge in [-0.1, -0.05) is 12.1 Å². The highest BCUT2D eigenvalue weighted by molar-refractivity contribution is 5.91. The molecule has 0 radical (unpaired) electrons. The summed E-state index contributed by atoms with van der Waals surface area (Å²) in [6.07, 6.45) is 4.47. The second kappa shape index (κ2) is 7.77. The van der Waals surface area contributed by atoms with E-state index in [0.717, 1.165) is 31.6 Å². The first-order valence-corrected chi connectivity index (χ1v) is 7.78. The number of nitrogens with one attached hydrogen (secondary N) is 1. The number of carbonyl (C=O) groups is 1. The number of rotatable bonds is 5. The van der Waals surface area contributed by atoms with Crippen LogP contribution in [0.3, 0.4) is 0 Å². The number of hydrogen-bond donors (Lipinski definition) is 1. The smallest absolute Gasteiger partial charge is 0.244 e. The third-order valence-electron chi connectivity index (χ3n) is 4.08. The van der Waals surface area contributed by atoms with Crippen molar-refractivity contribution in [2.75, 3.05) is 19.6 Å². The predicted octanol–water partition coefficient (Wildman–Crippen LogP) is 2.42. The predicted molar refractivity (Wildman–Crippen MR) is 88.0 cm³/mol. The van der Waals surface area contributed by atoms with Crippen molar-refractivity contribution in [2.45, 2.75) is 26.3 Å². The van der Waals surface area contributed by atoms with Crippen LogP contribution in [-0.4, -0.2) is 36.5 Å². The molecular formula is C18H23N3O. The van der Waals surface area contributed by atoms with Crippen LogP contribution in [0, 0.1) is 17.2 Å². The van der Waals surface area contributed by atoms with Gasteiger partial charge in [-0.2, -0.15) is 5.26 Å². The molecule has 0 spiro atoms. The highest BCUT2D eigenvalue weighted by atomic mass is 16.1. The molecule has 0 bridgehead atoms. The molecule has 1 aromatic rings. The zero-order chi connectivity index (χ0) is 15.9. The van der Waals surface area contributed by atoms with Gasteiger partial charge in [0.1, 0.15) is 0 Å². The second-order valence-electron chi connectivity index (χ2n) is 6.06. The highest BCUT2D eigenvalue weighted by Crippen LogP contribution is 2.17. The van der Waals surface area contributed by atoms with Crippen LogP contribution in [0.15, 0.2) is 30.3 Å². The molecular weight excluding hydrogens is 274 g/mol. The molecule has 22 heavy (non-hydrogen) atoms. The van der Waals surface area contributed by atoms with Crippen molar-refractivity contribution in [1.82, 2.24) is 10.2 Å². The number of amides is 1. The summed E-state index contributed by atoms with van der Waals surface area (Å²) in [4.78, 5) is 14.3. The lowest BCUT2D eigenvalue weighted by atomic mass is 10.1. The van der Waals surface area contributed by atoms with Gasteiger partial charge in [0.15, 0.2) is 0 Å². The first-order chi connectivity index (χ1) is 10.6. The number of likely N-dealkylation sites (tertiary alicyclic amines) is 1. The van der Waals surface area contributed by atoms with Gasteiger partial charge in [0.05, 0.1) is 11.6 Å². The SMILES string of the molecule is CC(C)N1CC[C@H](CNC(=O)/C=C/c2ccc(C#N)cc2)C1. The third-order valence-corrected chi connectivity index (χ3v) is 4.08. The lowest BCUT2D eigenvalue weighted by Crippen LogP contribution is -2.32. The molecule has 1 N–H and O–H groups in total. The molecule has 1 amide bonds. The van der Waals surface area contributed by atoms with Crippen LogP contribution in [0.25, 0.3) is 6.08 Å². The van der Waals surface area contributed by atoms with E-state index in [1.54, 1.807) is 24.3 Å². The summed E-state index contributed by atoms with van der Waals surface area (Å²) >= 11 is 0. The number of nitrogens with zero attached hydrogens (tertiary/aromatic N) is 2. The fraction of sp³-hybridized carbons (Fsp3) is 0.444. The Labute approximate surface area is 132 Å². The summed E-state index contributed by atoms with van der Waals surface area (Å²) in [5.74, 6) is 0.488. The topological polar surface area (TPSA) is 56.1 Å². The maximum atomic E-state index is 11.8.